The van der Waals surface area contributed by atoms with Gasteiger partial charge in [-0.3, -0.25) is 9.59 Å². The fourth-order valence-corrected chi connectivity index (χ4v) is 4.36. The zero-order chi connectivity index (χ0) is 23.4. The molecular weight excluding hydrogens is 416 g/mol. The van der Waals surface area contributed by atoms with Crippen LogP contribution in [0.5, 0.6) is 11.5 Å². The minimum Gasteiger partial charge on any atom is -0.493 e. The Morgan fingerprint density at radius 2 is 1.82 bits per heavy atom. The largest absolute Gasteiger partial charge is 0.493 e. The number of piperazine rings is 1. The number of hydrogen-bond acceptors (Lipinski definition) is 4. The lowest BCUT2D eigenvalue weighted by Gasteiger charge is -2.35. The van der Waals surface area contributed by atoms with Gasteiger partial charge in [0.25, 0.3) is 5.91 Å². The monoisotopic (exact) mass is 444 g/mol. The van der Waals surface area contributed by atoms with Gasteiger partial charge in [-0.05, 0) is 41.3 Å². The lowest BCUT2D eigenvalue weighted by Crippen LogP contribution is -2.58. The summed E-state index contributed by atoms with van der Waals surface area (Å²) in [6.45, 7) is 2.92. The van der Waals surface area contributed by atoms with Crippen LogP contribution in [-0.4, -0.2) is 50.1 Å². The number of aryl methyl sites for hydroxylation is 1. The third kappa shape index (κ3) is 4.55. The standard InChI is InChI=1S/C27H28N2O4/c1-18-8-4-5-11-21(18)20-10-6-9-19(16-20)17-23-26(30)28-14-15-29(23)27(31)22-12-7-13-24(32-2)25(22)33-3/h4-13,16,23H,14-15,17H2,1-3H3,(H,28,30)/t23-/m1/s1. The molecule has 3 aromatic carbocycles. The van der Waals surface area contributed by atoms with Crippen molar-refractivity contribution < 1.29 is 19.1 Å². The number of hydrogen-bond donors (Lipinski definition) is 1. The Bertz CT molecular complexity index is 1170. The Kier molecular flexibility index (Phi) is 6.63. The van der Waals surface area contributed by atoms with Crippen molar-refractivity contribution in [2.75, 3.05) is 27.3 Å². The third-order valence-corrected chi connectivity index (χ3v) is 6.04. The molecule has 6 nitrogen and oxygen atoms in total. The summed E-state index contributed by atoms with van der Waals surface area (Å²) < 4.78 is 10.8. The Morgan fingerprint density at radius 3 is 2.58 bits per heavy atom. The van der Waals surface area contributed by atoms with Crippen molar-refractivity contribution in [2.45, 2.75) is 19.4 Å². The number of rotatable bonds is 6. The van der Waals surface area contributed by atoms with E-state index in [1.807, 2.05) is 24.3 Å². The summed E-state index contributed by atoms with van der Waals surface area (Å²) in [7, 11) is 3.04. The van der Waals surface area contributed by atoms with Crippen LogP contribution in [0.25, 0.3) is 11.1 Å². The molecule has 6 heteroatoms. The molecule has 1 fully saturated rings. The number of amides is 2. The number of benzene rings is 3. The molecule has 3 aromatic rings. The van der Waals surface area contributed by atoms with Crippen LogP contribution in [0, 0.1) is 6.92 Å². The zero-order valence-electron chi connectivity index (χ0n) is 19.1. The average Bonchev–Trinajstić information content (AvgIpc) is 2.84. The molecule has 0 bridgehead atoms. The second kappa shape index (κ2) is 9.77. The summed E-state index contributed by atoms with van der Waals surface area (Å²) in [4.78, 5) is 28.0. The summed E-state index contributed by atoms with van der Waals surface area (Å²) >= 11 is 0. The molecule has 0 aromatic heterocycles. The zero-order valence-corrected chi connectivity index (χ0v) is 19.1. The van der Waals surface area contributed by atoms with E-state index in [1.165, 1.54) is 19.8 Å². The van der Waals surface area contributed by atoms with Gasteiger partial charge < -0.3 is 19.7 Å². The van der Waals surface area contributed by atoms with Gasteiger partial charge in [0.05, 0.1) is 19.8 Å². The summed E-state index contributed by atoms with van der Waals surface area (Å²) in [6.07, 6.45) is 0.420. The van der Waals surface area contributed by atoms with E-state index in [0.717, 1.165) is 16.7 Å². The molecule has 1 saturated heterocycles. The van der Waals surface area contributed by atoms with Crippen molar-refractivity contribution in [3.05, 3.63) is 83.4 Å². The molecule has 33 heavy (non-hydrogen) atoms. The van der Waals surface area contributed by atoms with Crippen LogP contribution >= 0.6 is 0 Å². The van der Waals surface area contributed by atoms with Crippen molar-refractivity contribution >= 4 is 11.8 Å². The van der Waals surface area contributed by atoms with Gasteiger partial charge in [-0.1, -0.05) is 54.6 Å². The van der Waals surface area contributed by atoms with Gasteiger partial charge in [0.2, 0.25) is 5.91 Å². The smallest absolute Gasteiger partial charge is 0.258 e. The van der Waals surface area contributed by atoms with E-state index in [-0.39, 0.29) is 11.8 Å². The molecule has 0 unspecified atom stereocenters. The molecule has 0 spiro atoms. The average molecular weight is 445 g/mol. The third-order valence-electron chi connectivity index (χ3n) is 6.04. The normalized spacial score (nSPS) is 15.7. The Hall–Kier alpha value is -3.80. The maximum Gasteiger partial charge on any atom is 0.258 e. The van der Waals surface area contributed by atoms with Crippen molar-refractivity contribution in [3.63, 3.8) is 0 Å². The summed E-state index contributed by atoms with van der Waals surface area (Å²) in [6, 6.07) is 20.9. The Balaban J connectivity index is 1.64. The van der Waals surface area contributed by atoms with Gasteiger partial charge in [-0.2, -0.15) is 0 Å². The fourth-order valence-electron chi connectivity index (χ4n) is 4.36. The first kappa shape index (κ1) is 22.4. The molecule has 1 aliphatic rings. The van der Waals surface area contributed by atoms with Crippen molar-refractivity contribution in [1.29, 1.82) is 0 Å². The van der Waals surface area contributed by atoms with Crippen LogP contribution in [0.1, 0.15) is 21.5 Å². The molecule has 170 valence electrons. The molecule has 1 aliphatic heterocycles. The quantitative estimate of drug-likeness (QED) is 0.627. The van der Waals surface area contributed by atoms with E-state index < -0.39 is 6.04 Å². The van der Waals surface area contributed by atoms with Crippen LogP contribution < -0.4 is 14.8 Å². The van der Waals surface area contributed by atoms with E-state index in [1.54, 1.807) is 23.1 Å². The highest BCUT2D eigenvalue weighted by molar-refractivity contribution is 6.01. The predicted octanol–water partition coefficient (Wildman–Crippen LogP) is 3.86. The van der Waals surface area contributed by atoms with Gasteiger partial charge in [0, 0.05) is 19.5 Å². The van der Waals surface area contributed by atoms with Crippen molar-refractivity contribution in [1.82, 2.24) is 10.2 Å². The molecule has 1 N–H and O–H groups in total. The van der Waals surface area contributed by atoms with Crippen LogP contribution in [0.3, 0.4) is 0 Å². The van der Waals surface area contributed by atoms with E-state index in [2.05, 4.69) is 36.5 Å². The lowest BCUT2D eigenvalue weighted by molar-refractivity contribution is -0.127. The van der Waals surface area contributed by atoms with Crippen molar-refractivity contribution in [2.24, 2.45) is 0 Å². The van der Waals surface area contributed by atoms with Crippen LogP contribution in [0.2, 0.25) is 0 Å². The maximum absolute atomic E-state index is 13.5. The second-order valence-corrected chi connectivity index (χ2v) is 8.07. The number of para-hydroxylation sites is 1. The van der Waals surface area contributed by atoms with Gasteiger partial charge in [-0.15, -0.1) is 0 Å². The molecule has 0 aliphatic carbocycles. The van der Waals surface area contributed by atoms with Gasteiger partial charge >= 0.3 is 0 Å². The topological polar surface area (TPSA) is 67.9 Å². The van der Waals surface area contributed by atoms with E-state index in [0.29, 0.717) is 36.6 Å². The molecule has 4 rings (SSSR count). The van der Waals surface area contributed by atoms with Gasteiger partial charge in [-0.25, -0.2) is 0 Å². The maximum atomic E-state index is 13.5. The number of nitrogens with one attached hydrogen (secondary N) is 1. The molecule has 1 atom stereocenters. The Labute approximate surface area is 194 Å². The highest BCUT2D eigenvalue weighted by Crippen LogP contribution is 2.32. The summed E-state index contributed by atoms with van der Waals surface area (Å²) in [5.41, 5.74) is 4.81. The summed E-state index contributed by atoms with van der Waals surface area (Å²) in [5.74, 6) is 0.446. The molecule has 0 radical (unpaired) electrons. The Morgan fingerprint density at radius 1 is 1.03 bits per heavy atom. The highest BCUT2D eigenvalue weighted by Gasteiger charge is 2.35. The first-order valence-corrected chi connectivity index (χ1v) is 11.0. The number of nitrogens with zero attached hydrogens (tertiary/aromatic N) is 1. The first-order valence-electron chi connectivity index (χ1n) is 11.0. The van der Waals surface area contributed by atoms with Gasteiger partial charge in [0.15, 0.2) is 11.5 Å². The SMILES string of the molecule is COc1cccc(C(=O)N2CCNC(=O)[C@H]2Cc2cccc(-c3ccccc3C)c2)c1OC. The van der Waals surface area contributed by atoms with Gasteiger partial charge in [0.1, 0.15) is 6.04 Å². The number of methoxy groups -OCH3 is 2. The second-order valence-electron chi connectivity index (χ2n) is 8.07. The van der Waals surface area contributed by atoms with E-state index >= 15 is 0 Å². The molecule has 0 saturated carbocycles. The van der Waals surface area contributed by atoms with Crippen LogP contribution in [-0.2, 0) is 11.2 Å². The van der Waals surface area contributed by atoms with Crippen LogP contribution in [0.15, 0.2) is 66.7 Å². The minimum atomic E-state index is -0.616. The van der Waals surface area contributed by atoms with Crippen molar-refractivity contribution in [3.8, 4) is 22.6 Å². The lowest BCUT2D eigenvalue weighted by atomic mass is 9.95. The van der Waals surface area contributed by atoms with Crippen LogP contribution in [0.4, 0.5) is 0 Å². The minimum absolute atomic E-state index is 0.155. The summed E-state index contributed by atoms with van der Waals surface area (Å²) in [5, 5.41) is 2.91. The first-order chi connectivity index (χ1) is 16.0. The van der Waals surface area contributed by atoms with E-state index in [4.69, 9.17) is 9.47 Å². The fraction of sp³-hybridized carbons (Fsp3) is 0.259. The molecular formula is C27H28N2O4. The van der Waals surface area contributed by atoms with E-state index in [9.17, 15) is 9.59 Å². The predicted molar refractivity (Wildman–Crippen MR) is 128 cm³/mol. The number of ether oxygens (including phenoxy) is 2. The highest BCUT2D eigenvalue weighted by atomic mass is 16.5. The number of carbonyl (C=O) groups excluding carboxylic acids is 2. The molecule has 2 amide bonds. The number of carbonyl (C=O) groups is 2. The molecule has 1 heterocycles.